The lowest BCUT2D eigenvalue weighted by Gasteiger charge is -1.95. The van der Waals surface area contributed by atoms with Crippen molar-refractivity contribution in [2.45, 2.75) is 19.3 Å². The molecule has 0 heterocycles. The van der Waals surface area contributed by atoms with Crippen molar-refractivity contribution in [1.29, 1.82) is 0 Å². The van der Waals surface area contributed by atoms with Gasteiger partial charge in [0.2, 0.25) is 0 Å². The predicted molar refractivity (Wildman–Crippen MR) is 45.2 cm³/mol. The van der Waals surface area contributed by atoms with Crippen LogP contribution in [0.3, 0.4) is 0 Å². The Balaban J connectivity index is 3.27. The van der Waals surface area contributed by atoms with Crippen molar-refractivity contribution in [2.75, 3.05) is 7.11 Å². The van der Waals surface area contributed by atoms with E-state index >= 15 is 0 Å². The van der Waals surface area contributed by atoms with Gasteiger partial charge in [0, 0.05) is 6.42 Å². The Hall–Kier alpha value is -0.805. The molecule has 0 aromatic carbocycles. The Morgan fingerprint density at radius 3 is 2.75 bits per heavy atom. The van der Waals surface area contributed by atoms with Crippen LogP contribution in [0.1, 0.15) is 19.3 Å². The Morgan fingerprint density at radius 2 is 2.25 bits per heavy atom. The fourth-order valence-electron chi connectivity index (χ4n) is 0.684. The summed E-state index contributed by atoms with van der Waals surface area (Å²) in [4.78, 5) is 10.6. The highest BCUT2D eigenvalue weighted by Gasteiger charge is 1.99. The summed E-state index contributed by atoms with van der Waals surface area (Å²) >= 11 is 0. The summed E-state index contributed by atoms with van der Waals surface area (Å²) in [5.41, 5.74) is 0. The lowest BCUT2D eigenvalue weighted by atomic mass is 9.91. The van der Waals surface area contributed by atoms with Gasteiger partial charge in [-0.25, -0.2) is 0 Å². The van der Waals surface area contributed by atoms with E-state index in [0.29, 0.717) is 19.3 Å². The molecule has 0 aromatic heterocycles. The van der Waals surface area contributed by atoms with E-state index < -0.39 is 7.12 Å². The summed E-state index contributed by atoms with van der Waals surface area (Å²) in [6, 6.07) is 0. The number of carbonyl (C=O) groups excluding carboxylic acids is 1. The SMILES string of the molecule is COC(=O)CCC/C=C/B(O)O. The molecule has 0 aliphatic carbocycles. The zero-order chi connectivity index (χ0) is 9.40. The van der Waals surface area contributed by atoms with Crippen molar-refractivity contribution in [3.63, 3.8) is 0 Å². The van der Waals surface area contributed by atoms with Crippen LogP contribution in [-0.4, -0.2) is 30.2 Å². The molecule has 0 aliphatic rings. The average molecular weight is 172 g/mol. The molecule has 0 atom stereocenters. The fraction of sp³-hybridized carbons (Fsp3) is 0.571. The van der Waals surface area contributed by atoms with E-state index in [0.717, 1.165) is 0 Å². The van der Waals surface area contributed by atoms with Crippen LogP contribution in [0.15, 0.2) is 12.1 Å². The molecule has 68 valence electrons. The fourth-order valence-corrected chi connectivity index (χ4v) is 0.684. The quantitative estimate of drug-likeness (QED) is 0.345. The number of unbranched alkanes of at least 4 members (excludes halogenated alkanes) is 1. The van der Waals surface area contributed by atoms with E-state index in [1.165, 1.54) is 13.1 Å². The van der Waals surface area contributed by atoms with Crippen molar-refractivity contribution in [3.8, 4) is 0 Å². The van der Waals surface area contributed by atoms with Gasteiger partial charge < -0.3 is 14.8 Å². The molecule has 0 aliphatic heterocycles. The van der Waals surface area contributed by atoms with Gasteiger partial charge in [0.15, 0.2) is 0 Å². The van der Waals surface area contributed by atoms with Crippen LogP contribution in [0, 0.1) is 0 Å². The first-order valence-electron chi connectivity index (χ1n) is 3.76. The van der Waals surface area contributed by atoms with Gasteiger partial charge in [-0.1, -0.05) is 12.1 Å². The maximum Gasteiger partial charge on any atom is 0.480 e. The molecule has 0 rings (SSSR count). The number of ether oxygens (including phenoxy) is 1. The van der Waals surface area contributed by atoms with E-state index in [2.05, 4.69) is 4.74 Å². The van der Waals surface area contributed by atoms with E-state index in [4.69, 9.17) is 10.0 Å². The van der Waals surface area contributed by atoms with Crippen molar-refractivity contribution in [3.05, 3.63) is 12.1 Å². The molecule has 12 heavy (non-hydrogen) atoms. The predicted octanol–water partition coefficient (Wildman–Crippen LogP) is -0.102. The Bertz CT molecular complexity index is 155. The van der Waals surface area contributed by atoms with E-state index in [1.807, 2.05) is 0 Å². The van der Waals surface area contributed by atoms with E-state index in [-0.39, 0.29) is 5.97 Å². The van der Waals surface area contributed by atoms with Crippen LogP contribution in [0.4, 0.5) is 0 Å². The van der Waals surface area contributed by atoms with E-state index in [1.54, 1.807) is 6.08 Å². The molecule has 5 heteroatoms. The van der Waals surface area contributed by atoms with Crippen LogP contribution < -0.4 is 0 Å². The first-order valence-corrected chi connectivity index (χ1v) is 3.76. The first kappa shape index (κ1) is 11.2. The summed E-state index contributed by atoms with van der Waals surface area (Å²) in [6.07, 6.45) is 3.29. The summed E-state index contributed by atoms with van der Waals surface area (Å²) < 4.78 is 4.42. The minimum Gasteiger partial charge on any atom is -0.469 e. The maximum atomic E-state index is 10.6. The molecular weight excluding hydrogens is 159 g/mol. The number of hydrogen-bond donors (Lipinski definition) is 2. The van der Waals surface area contributed by atoms with Gasteiger partial charge >= 0.3 is 13.1 Å². The standard InChI is InChI=1S/C7H13BO4/c1-12-7(9)5-3-2-4-6-8(10)11/h4,6,10-11H,2-3,5H2,1H3/b6-4+. The average Bonchev–Trinajstić information content (AvgIpc) is 2.03. The molecule has 0 amide bonds. The number of hydrogen-bond acceptors (Lipinski definition) is 4. The van der Waals surface area contributed by atoms with Crippen LogP contribution in [-0.2, 0) is 9.53 Å². The van der Waals surface area contributed by atoms with Crippen molar-refractivity contribution < 1.29 is 19.6 Å². The molecular formula is C7H13BO4. The highest BCUT2D eigenvalue weighted by atomic mass is 16.5. The lowest BCUT2D eigenvalue weighted by Crippen LogP contribution is -2.05. The minimum absolute atomic E-state index is 0.243. The molecule has 0 saturated heterocycles. The summed E-state index contributed by atoms with van der Waals surface area (Å²) in [5, 5.41) is 16.8. The lowest BCUT2D eigenvalue weighted by molar-refractivity contribution is -0.140. The number of esters is 1. The number of carbonyl (C=O) groups is 1. The molecule has 4 nitrogen and oxygen atoms in total. The van der Waals surface area contributed by atoms with E-state index in [9.17, 15) is 4.79 Å². The zero-order valence-corrected chi connectivity index (χ0v) is 7.06. The second-order valence-corrected chi connectivity index (χ2v) is 2.31. The molecule has 2 N–H and O–H groups in total. The van der Waals surface area contributed by atoms with Gasteiger partial charge in [0.25, 0.3) is 0 Å². The number of allylic oxidation sites excluding steroid dienone is 1. The van der Waals surface area contributed by atoms with Gasteiger partial charge in [-0.3, -0.25) is 4.79 Å². The smallest absolute Gasteiger partial charge is 0.469 e. The third-order valence-corrected chi connectivity index (χ3v) is 1.29. The highest BCUT2D eigenvalue weighted by Crippen LogP contribution is 1.97. The largest absolute Gasteiger partial charge is 0.480 e. The maximum absolute atomic E-state index is 10.6. The number of methoxy groups -OCH3 is 1. The van der Waals surface area contributed by atoms with Gasteiger partial charge in [-0.15, -0.1) is 0 Å². The first-order chi connectivity index (χ1) is 5.66. The monoisotopic (exact) mass is 172 g/mol. The second-order valence-electron chi connectivity index (χ2n) is 2.31. The minimum atomic E-state index is -1.40. The summed E-state index contributed by atoms with van der Waals surface area (Å²) in [6.45, 7) is 0. The topological polar surface area (TPSA) is 66.8 Å². The molecule has 0 bridgehead atoms. The van der Waals surface area contributed by atoms with Crippen molar-refractivity contribution in [2.24, 2.45) is 0 Å². The Morgan fingerprint density at radius 1 is 1.58 bits per heavy atom. The normalized spacial score (nSPS) is 10.2. The molecule has 0 aromatic rings. The molecule has 0 unspecified atom stereocenters. The van der Waals surface area contributed by atoms with Crippen molar-refractivity contribution >= 4 is 13.1 Å². The van der Waals surface area contributed by atoms with Gasteiger partial charge in [-0.05, 0) is 12.8 Å². The Kier molecular flexibility index (Phi) is 6.42. The molecule has 0 spiro atoms. The van der Waals surface area contributed by atoms with Gasteiger partial charge in [0.1, 0.15) is 0 Å². The van der Waals surface area contributed by atoms with Crippen LogP contribution in [0.2, 0.25) is 0 Å². The summed E-state index contributed by atoms with van der Waals surface area (Å²) in [7, 11) is -0.0570. The third-order valence-electron chi connectivity index (χ3n) is 1.29. The van der Waals surface area contributed by atoms with Gasteiger partial charge in [-0.2, -0.15) is 0 Å². The molecule has 0 radical (unpaired) electrons. The second kappa shape index (κ2) is 6.88. The third kappa shape index (κ3) is 7.30. The van der Waals surface area contributed by atoms with Crippen LogP contribution in [0.5, 0.6) is 0 Å². The van der Waals surface area contributed by atoms with Gasteiger partial charge in [0.05, 0.1) is 7.11 Å². The highest BCUT2D eigenvalue weighted by molar-refractivity contribution is 6.47. The Labute approximate surface area is 72.0 Å². The van der Waals surface area contributed by atoms with Crippen LogP contribution in [0.25, 0.3) is 0 Å². The van der Waals surface area contributed by atoms with Crippen molar-refractivity contribution in [1.82, 2.24) is 0 Å². The van der Waals surface area contributed by atoms with Crippen LogP contribution >= 0.6 is 0 Å². The molecule has 0 saturated carbocycles. The molecule has 0 fully saturated rings. The number of rotatable bonds is 5. The zero-order valence-electron chi connectivity index (χ0n) is 7.06. The summed E-state index contributed by atoms with van der Waals surface area (Å²) in [5.74, 6) is 1.02.